The van der Waals surface area contributed by atoms with E-state index >= 15 is 0 Å². The Morgan fingerprint density at radius 2 is 2.11 bits per heavy atom. The number of amides is 3. The standard InChI is InChI=1S/C17H17N5O4S/c1-21-14(24)10-5-3-4-6-11(10)22-13(23)7-8-17(21,22)15(25)18-16-20-19-12(27-16)9-26-2/h3-6H,7-9H2,1-2H3,(H,18,20,25)/t17-/m0/s1. The zero-order chi connectivity index (χ0) is 19.2. The zero-order valence-corrected chi connectivity index (χ0v) is 15.6. The zero-order valence-electron chi connectivity index (χ0n) is 14.8. The predicted molar refractivity (Wildman–Crippen MR) is 97.2 cm³/mol. The molecular weight excluding hydrogens is 370 g/mol. The van der Waals surface area contributed by atoms with E-state index in [1.807, 2.05) is 0 Å². The Kier molecular flexibility index (Phi) is 4.16. The number of para-hydroxylation sites is 1. The number of hydrogen-bond donors (Lipinski definition) is 1. The van der Waals surface area contributed by atoms with E-state index in [1.165, 1.54) is 21.1 Å². The van der Waals surface area contributed by atoms with Gasteiger partial charge in [-0.15, -0.1) is 10.2 Å². The Morgan fingerprint density at radius 1 is 1.33 bits per heavy atom. The molecule has 9 nitrogen and oxygen atoms in total. The Labute approximate surface area is 158 Å². The number of methoxy groups -OCH3 is 1. The number of anilines is 2. The highest BCUT2D eigenvalue weighted by atomic mass is 32.1. The number of fused-ring (bicyclic) bond motifs is 3. The number of hydrogen-bond acceptors (Lipinski definition) is 7. The average Bonchev–Trinajstić information content (AvgIpc) is 3.25. The number of nitrogens with zero attached hydrogens (tertiary/aromatic N) is 4. The summed E-state index contributed by atoms with van der Waals surface area (Å²) in [4.78, 5) is 41.5. The largest absolute Gasteiger partial charge is 0.377 e. The second-order valence-corrected chi connectivity index (χ2v) is 7.38. The van der Waals surface area contributed by atoms with Crippen LogP contribution in [-0.4, -0.2) is 52.6 Å². The van der Waals surface area contributed by atoms with Gasteiger partial charge in [-0.1, -0.05) is 23.5 Å². The van der Waals surface area contributed by atoms with Crippen LogP contribution in [0.1, 0.15) is 28.2 Å². The summed E-state index contributed by atoms with van der Waals surface area (Å²) < 4.78 is 5.00. The van der Waals surface area contributed by atoms with Gasteiger partial charge < -0.3 is 9.64 Å². The highest BCUT2D eigenvalue weighted by Gasteiger charge is 2.59. The molecular formula is C17H17N5O4S. The van der Waals surface area contributed by atoms with Gasteiger partial charge in [0, 0.05) is 27.0 Å². The first kappa shape index (κ1) is 17.6. The third-order valence-corrected chi connectivity index (χ3v) is 5.67. The Hall–Kier alpha value is -2.85. The number of ether oxygens (including phenoxy) is 1. The van der Waals surface area contributed by atoms with E-state index in [9.17, 15) is 14.4 Å². The normalized spacial score (nSPS) is 21.3. The van der Waals surface area contributed by atoms with Gasteiger partial charge in [-0.3, -0.25) is 24.6 Å². The van der Waals surface area contributed by atoms with E-state index in [-0.39, 0.29) is 31.3 Å². The summed E-state index contributed by atoms with van der Waals surface area (Å²) in [5.74, 6) is -0.989. The van der Waals surface area contributed by atoms with E-state index in [0.29, 0.717) is 21.4 Å². The van der Waals surface area contributed by atoms with Crippen LogP contribution in [0.4, 0.5) is 10.8 Å². The van der Waals surface area contributed by atoms with Crippen molar-refractivity contribution in [2.24, 2.45) is 0 Å². The summed E-state index contributed by atoms with van der Waals surface area (Å²) in [7, 11) is 3.08. The van der Waals surface area contributed by atoms with Gasteiger partial charge in [-0.25, -0.2) is 0 Å². The molecule has 1 atom stereocenters. The van der Waals surface area contributed by atoms with Gasteiger partial charge in [0.2, 0.25) is 16.7 Å². The van der Waals surface area contributed by atoms with Crippen LogP contribution in [0.25, 0.3) is 0 Å². The third kappa shape index (κ3) is 2.52. The summed E-state index contributed by atoms with van der Waals surface area (Å²) in [6, 6.07) is 6.82. The highest BCUT2D eigenvalue weighted by Crippen LogP contribution is 2.44. The van der Waals surface area contributed by atoms with Crippen LogP contribution < -0.4 is 10.2 Å². The van der Waals surface area contributed by atoms with Crippen LogP contribution in [0.5, 0.6) is 0 Å². The summed E-state index contributed by atoms with van der Waals surface area (Å²) in [5, 5.41) is 11.5. The molecule has 2 aromatic rings. The lowest BCUT2D eigenvalue weighted by atomic mass is 9.96. The minimum Gasteiger partial charge on any atom is -0.377 e. The molecule has 1 aromatic heterocycles. The number of carbonyl (C=O) groups excluding carboxylic acids is 3. The topological polar surface area (TPSA) is 105 Å². The molecule has 3 amide bonds. The van der Waals surface area contributed by atoms with Crippen molar-refractivity contribution in [3.05, 3.63) is 34.8 Å². The predicted octanol–water partition coefficient (Wildman–Crippen LogP) is 1.23. The smallest absolute Gasteiger partial charge is 0.273 e. The number of aromatic nitrogens is 2. The molecule has 27 heavy (non-hydrogen) atoms. The Balaban J connectivity index is 1.74. The van der Waals surface area contributed by atoms with Crippen LogP contribution in [-0.2, 0) is 20.9 Å². The van der Waals surface area contributed by atoms with Crippen LogP contribution in [0.3, 0.4) is 0 Å². The van der Waals surface area contributed by atoms with Gasteiger partial charge >= 0.3 is 0 Å². The fourth-order valence-electron chi connectivity index (χ4n) is 3.61. The van der Waals surface area contributed by atoms with E-state index in [4.69, 9.17) is 4.74 Å². The van der Waals surface area contributed by atoms with Crippen molar-refractivity contribution in [3.8, 4) is 0 Å². The average molecular weight is 387 g/mol. The molecule has 0 aliphatic carbocycles. The molecule has 3 heterocycles. The Bertz CT molecular complexity index is 945. The number of carbonyl (C=O) groups is 3. The molecule has 0 spiro atoms. The summed E-state index contributed by atoms with van der Waals surface area (Å²) in [5.41, 5.74) is -0.567. The van der Waals surface area contributed by atoms with Crippen LogP contribution in [0, 0.1) is 0 Å². The maximum Gasteiger partial charge on any atom is 0.273 e. The van der Waals surface area contributed by atoms with E-state index in [0.717, 1.165) is 0 Å². The molecule has 1 N–H and O–H groups in total. The second-order valence-electron chi connectivity index (χ2n) is 6.32. The first-order valence-electron chi connectivity index (χ1n) is 8.32. The van der Waals surface area contributed by atoms with Gasteiger partial charge in [-0.05, 0) is 12.1 Å². The molecule has 0 radical (unpaired) electrons. The van der Waals surface area contributed by atoms with E-state index < -0.39 is 11.6 Å². The molecule has 140 valence electrons. The third-order valence-electron chi connectivity index (χ3n) is 4.86. The SMILES string of the molecule is COCc1nnc(NC(=O)[C@]23CCC(=O)N2c2ccccc2C(=O)N3C)s1. The van der Waals surface area contributed by atoms with Crippen LogP contribution >= 0.6 is 11.3 Å². The van der Waals surface area contributed by atoms with Crippen molar-refractivity contribution in [3.63, 3.8) is 0 Å². The summed E-state index contributed by atoms with van der Waals surface area (Å²) in [6.45, 7) is 0.287. The van der Waals surface area contributed by atoms with Gasteiger partial charge in [-0.2, -0.15) is 0 Å². The van der Waals surface area contributed by atoms with E-state index in [1.54, 1.807) is 38.4 Å². The maximum absolute atomic E-state index is 13.3. The molecule has 2 aliphatic rings. The fraction of sp³-hybridized carbons (Fsp3) is 0.353. The fourth-order valence-corrected chi connectivity index (χ4v) is 4.32. The lowest BCUT2D eigenvalue weighted by molar-refractivity contribution is -0.128. The second kappa shape index (κ2) is 6.39. The van der Waals surface area contributed by atoms with Crippen molar-refractivity contribution in [1.29, 1.82) is 0 Å². The number of nitrogens with one attached hydrogen (secondary N) is 1. The minimum absolute atomic E-state index is 0.171. The molecule has 1 fully saturated rings. The number of rotatable bonds is 4. The van der Waals surface area contributed by atoms with Crippen molar-refractivity contribution in [1.82, 2.24) is 15.1 Å². The lowest BCUT2D eigenvalue weighted by Crippen LogP contribution is -2.68. The van der Waals surface area contributed by atoms with Gasteiger partial charge in [0.15, 0.2) is 0 Å². The van der Waals surface area contributed by atoms with Gasteiger partial charge in [0.1, 0.15) is 11.6 Å². The molecule has 1 saturated heterocycles. The number of benzene rings is 1. The van der Waals surface area contributed by atoms with Crippen LogP contribution in [0.15, 0.2) is 24.3 Å². The van der Waals surface area contributed by atoms with Gasteiger partial charge in [0.05, 0.1) is 11.3 Å². The number of likely N-dealkylation sites (N-methyl/N-ethyl adjacent to an activating group) is 1. The van der Waals surface area contributed by atoms with Crippen LogP contribution in [0.2, 0.25) is 0 Å². The highest BCUT2D eigenvalue weighted by molar-refractivity contribution is 7.15. The molecule has 4 rings (SSSR count). The van der Waals surface area contributed by atoms with Crippen molar-refractivity contribution in [2.75, 3.05) is 24.4 Å². The maximum atomic E-state index is 13.3. The van der Waals surface area contributed by atoms with Crippen molar-refractivity contribution in [2.45, 2.75) is 25.1 Å². The Morgan fingerprint density at radius 3 is 2.89 bits per heavy atom. The molecule has 0 bridgehead atoms. The minimum atomic E-state index is -1.42. The van der Waals surface area contributed by atoms with Crippen molar-refractivity contribution >= 4 is 39.9 Å². The molecule has 1 aromatic carbocycles. The molecule has 2 aliphatic heterocycles. The molecule has 10 heteroatoms. The quantitative estimate of drug-likeness (QED) is 0.846. The van der Waals surface area contributed by atoms with E-state index in [2.05, 4.69) is 15.5 Å². The summed E-state index contributed by atoms with van der Waals surface area (Å²) >= 11 is 1.18. The summed E-state index contributed by atoms with van der Waals surface area (Å²) in [6.07, 6.45) is 0.377. The monoisotopic (exact) mass is 387 g/mol. The first-order chi connectivity index (χ1) is 13.0. The molecule has 0 unspecified atom stereocenters. The van der Waals surface area contributed by atoms with Gasteiger partial charge in [0.25, 0.3) is 11.8 Å². The van der Waals surface area contributed by atoms with Crippen molar-refractivity contribution < 1.29 is 19.1 Å². The lowest BCUT2D eigenvalue weighted by Gasteiger charge is -2.47. The first-order valence-corrected chi connectivity index (χ1v) is 9.13. The molecule has 0 saturated carbocycles.